The van der Waals surface area contributed by atoms with E-state index in [1.165, 1.54) is 30.5 Å². The highest BCUT2D eigenvalue weighted by Crippen LogP contribution is 2.32. The van der Waals surface area contributed by atoms with Crippen molar-refractivity contribution in [1.29, 1.82) is 0 Å². The molecule has 0 radical (unpaired) electrons. The maximum Gasteiger partial charge on any atom is 0.246 e. The van der Waals surface area contributed by atoms with E-state index in [-0.39, 0.29) is 12.5 Å². The Balaban J connectivity index is 1.44. The van der Waals surface area contributed by atoms with E-state index in [9.17, 15) is 9.90 Å². The lowest BCUT2D eigenvalue weighted by Crippen LogP contribution is -2.32. The lowest BCUT2D eigenvalue weighted by atomic mass is 9.94. The molecule has 0 saturated heterocycles. The maximum absolute atomic E-state index is 12.8. The van der Waals surface area contributed by atoms with E-state index in [1.54, 1.807) is 11.0 Å². The van der Waals surface area contributed by atoms with Gasteiger partial charge in [-0.2, -0.15) is 0 Å². The Morgan fingerprint density at radius 3 is 2.72 bits per heavy atom. The van der Waals surface area contributed by atoms with E-state index < -0.39 is 0 Å². The number of aliphatic hydroxyl groups is 1. The third-order valence-corrected chi connectivity index (χ3v) is 5.90. The number of benzene rings is 2. The number of hydrogen-bond acceptors (Lipinski definition) is 3. The fraction of sp³-hybridized carbons (Fsp3) is 0.400. The van der Waals surface area contributed by atoms with Gasteiger partial charge in [0.1, 0.15) is 0 Å². The molecule has 0 unspecified atom stereocenters. The number of hydrogen-bond donors (Lipinski definition) is 1. The van der Waals surface area contributed by atoms with Crippen molar-refractivity contribution in [2.24, 2.45) is 5.92 Å². The Bertz CT molecular complexity index is 858. The summed E-state index contributed by atoms with van der Waals surface area (Å²) in [4.78, 5) is 17.0. The van der Waals surface area contributed by atoms with Crippen LogP contribution in [0.25, 0.3) is 6.08 Å². The number of aliphatic hydroxyl groups excluding tert-OH is 1. The zero-order valence-corrected chi connectivity index (χ0v) is 17.0. The van der Waals surface area contributed by atoms with Gasteiger partial charge in [0.05, 0.1) is 6.61 Å². The number of amides is 1. The minimum Gasteiger partial charge on any atom is -0.395 e. The summed E-state index contributed by atoms with van der Waals surface area (Å²) in [7, 11) is 0. The molecule has 2 aromatic carbocycles. The fourth-order valence-electron chi connectivity index (χ4n) is 4.13. The molecule has 0 aromatic heterocycles. The zero-order valence-electron chi connectivity index (χ0n) is 17.0. The number of carbonyl (C=O) groups is 1. The van der Waals surface area contributed by atoms with E-state index in [4.69, 9.17) is 0 Å². The van der Waals surface area contributed by atoms with Gasteiger partial charge in [-0.15, -0.1) is 0 Å². The van der Waals surface area contributed by atoms with Crippen molar-refractivity contribution in [3.05, 3.63) is 76.9 Å². The van der Waals surface area contributed by atoms with Crippen LogP contribution < -0.4 is 0 Å². The highest BCUT2D eigenvalue weighted by atomic mass is 16.3. The molecular weight excluding hydrogens is 360 g/mol. The zero-order chi connectivity index (χ0) is 20.1. The SMILES string of the molecule is O=C(C=Cc1cccc2c1CCN(CC1CC1)C2)N(CCO)Cc1ccccc1. The number of carbonyl (C=O) groups excluding carboxylic acids is 1. The van der Waals surface area contributed by atoms with Gasteiger partial charge in [-0.3, -0.25) is 9.69 Å². The molecule has 1 aliphatic carbocycles. The summed E-state index contributed by atoms with van der Waals surface area (Å²) in [6.45, 7) is 4.16. The van der Waals surface area contributed by atoms with Gasteiger partial charge in [-0.05, 0) is 53.5 Å². The summed E-state index contributed by atoms with van der Waals surface area (Å²) in [6, 6.07) is 16.3. The van der Waals surface area contributed by atoms with Crippen molar-refractivity contribution in [1.82, 2.24) is 9.80 Å². The Hall–Kier alpha value is -2.43. The van der Waals surface area contributed by atoms with Crippen LogP contribution in [0.2, 0.25) is 0 Å². The van der Waals surface area contributed by atoms with Gasteiger partial charge in [-0.25, -0.2) is 0 Å². The average Bonchev–Trinajstić information content (AvgIpc) is 3.56. The van der Waals surface area contributed by atoms with Crippen molar-refractivity contribution < 1.29 is 9.90 Å². The van der Waals surface area contributed by atoms with Gasteiger partial charge in [0.15, 0.2) is 0 Å². The largest absolute Gasteiger partial charge is 0.395 e. The van der Waals surface area contributed by atoms with Crippen molar-refractivity contribution in [2.45, 2.75) is 32.4 Å². The van der Waals surface area contributed by atoms with Crippen LogP contribution in [0.5, 0.6) is 0 Å². The predicted molar refractivity (Wildman–Crippen MR) is 116 cm³/mol. The van der Waals surface area contributed by atoms with Crippen molar-refractivity contribution in [3.63, 3.8) is 0 Å². The van der Waals surface area contributed by atoms with E-state index >= 15 is 0 Å². The molecule has 0 bridgehead atoms. The Kier molecular flexibility index (Phi) is 6.43. The topological polar surface area (TPSA) is 43.8 Å². The van der Waals surface area contributed by atoms with E-state index in [0.717, 1.165) is 36.6 Å². The Morgan fingerprint density at radius 2 is 1.97 bits per heavy atom. The number of fused-ring (bicyclic) bond motifs is 1. The van der Waals surface area contributed by atoms with Crippen molar-refractivity contribution in [3.8, 4) is 0 Å². The second kappa shape index (κ2) is 9.38. The van der Waals surface area contributed by atoms with Crippen LogP contribution in [-0.4, -0.2) is 47.1 Å². The molecule has 4 heteroatoms. The highest BCUT2D eigenvalue weighted by molar-refractivity contribution is 5.92. The Labute approximate surface area is 173 Å². The van der Waals surface area contributed by atoms with Crippen LogP contribution >= 0.6 is 0 Å². The van der Waals surface area contributed by atoms with Crippen LogP contribution in [0.4, 0.5) is 0 Å². The molecule has 2 aliphatic rings. The standard InChI is InChI=1S/C25H30N2O2/c28-16-15-27(18-20-5-2-1-3-6-20)25(29)12-11-22-7-4-8-23-19-26(14-13-24(22)23)17-21-9-10-21/h1-8,11-12,21,28H,9-10,13-19H2. The molecule has 1 amide bonds. The smallest absolute Gasteiger partial charge is 0.246 e. The van der Waals surface area contributed by atoms with Gasteiger partial charge >= 0.3 is 0 Å². The first kappa shape index (κ1) is 19.9. The first-order valence-electron chi connectivity index (χ1n) is 10.7. The van der Waals surface area contributed by atoms with Gasteiger partial charge < -0.3 is 10.0 Å². The molecule has 1 saturated carbocycles. The van der Waals surface area contributed by atoms with Crippen LogP contribution in [0.1, 0.15) is 35.1 Å². The summed E-state index contributed by atoms with van der Waals surface area (Å²) in [5.41, 5.74) is 4.98. The Morgan fingerprint density at radius 1 is 1.14 bits per heavy atom. The minimum absolute atomic E-state index is 0.0377. The lowest BCUT2D eigenvalue weighted by molar-refractivity contribution is -0.127. The summed E-state index contributed by atoms with van der Waals surface area (Å²) in [6.07, 6.45) is 7.43. The van der Waals surface area contributed by atoms with Gasteiger partial charge in [0.2, 0.25) is 5.91 Å². The van der Waals surface area contributed by atoms with Crippen LogP contribution in [0.3, 0.4) is 0 Å². The molecule has 29 heavy (non-hydrogen) atoms. The third kappa shape index (κ3) is 5.34. The predicted octanol–water partition coefficient (Wildman–Crippen LogP) is 3.49. The molecule has 2 aromatic rings. The van der Waals surface area contributed by atoms with Crippen LogP contribution in [0.15, 0.2) is 54.6 Å². The number of nitrogens with zero attached hydrogens (tertiary/aromatic N) is 2. The molecule has 4 rings (SSSR count). The minimum atomic E-state index is -0.0633. The maximum atomic E-state index is 12.8. The normalized spacial score (nSPS) is 16.7. The highest BCUT2D eigenvalue weighted by Gasteiger charge is 2.26. The molecule has 0 atom stereocenters. The van der Waals surface area contributed by atoms with Crippen molar-refractivity contribution >= 4 is 12.0 Å². The second-order valence-corrected chi connectivity index (χ2v) is 8.22. The fourth-order valence-corrected chi connectivity index (χ4v) is 4.13. The molecule has 1 heterocycles. The molecule has 1 aliphatic heterocycles. The van der Waals surface area contributed by atoms with Gasteiger partial charge in [-0.1, -0.05) is 48.5 Å². The summed E-state index contributed by atoms with van der Waals surface area (Å²) >= 11 is 0. The van der Waals surface area contributed by atoms with Crippen molar-refractivity contribution in [2.75, 3.05) is 26.2 Å². The summed E-state index contributed by atoms with van der Waals surface area (Å²) in [5, 5.41) is 9.38. The summed E-state index contributed by atoms with van der Waals surface area (Å²) < 4.78 is 0. The molecule has 1 N–H and O–H groups in total. The first-order valence-corrected chi connectivity index (χ1v) is 10.7. The monoisotopic (exact) mass is 390 g/mol. The number of rotatable bonds is 8. The molecule has 0 spiro atoms. The van der Waals surface area contributed by atoms with Gasteiger partial charge in [0, 0.05) is 38.8 Å². The second-order valence-electron chi connectivity index (χ2n) is 8.22. The molecule has 152 valence electrons. The molecular formula is C25H30N2O2. The summed E-state index contributed by atoms with van der Waals surface area (Å²) in [5.74, 6) is 0.853. The molecule has 1 fully saturated rings. The van der Waals surface area contributed by atoms with Crippen LogP contribution in [0, 0.1) is 5.92 Å². The first-order chi connectivity index (χ1) is 14.2. The third-order valence-electron chi connectivity index (χ3n) is 5.90. The van der Waals surface area contributed by atoms with Crippen LogP contribution in [-0.2, 0) is 24.3 Å². The quantitative estimate of drug-likeness (QED) is 0.702. The van der Waals surface area contributed by atoms with Gasteiger partial charge in [0.25, 0.3) is 0 Å². The average molecular weight is 391 g/mol. The molecule has 4 nitrogen and oxygen atoms in total. The van der Waals surface area contributed by atoms with E-state index in [0.29, 0.717) is 13.1 Å². The lowest BCUT2D eigenvalue weighted by Gasteiger charge is -2.29. The van der Waals surface area contributed by atoms with E-state index in [1.807, 2.05) is 36.4 Å². The van der Waals surface area contributed by atoms with E-state index in [2.05, 4.69) is 23.1 Å².